The zero-order chi connectivity index (χ0) is 75.0. The molecule has 0 unspecified atom stereocenters. The number of nitriles is 3. The van der Waals surface area contributed by atoms with Crippen LogP contribution in [0.1, 0.15) is 88.4 Å². The number of tetrazole rings is 4. The van der Waals surface area contributed by atoms with E-state index in [1.807, 2.05) is 195 Å². The highest BCUT2D eigenvalue weighted by Crippen LogP contribution is 2.28. The second-order valence-electron chi connectivity index (χ2n) is 21.7. The number of thiol groups is 1. The number of thioether (sulfide) groups is 1. The molecule has 0 amide bonds. The number of rotatable bonds is 19. The van der Waals surface area contributed by atoms with Crippen LogP contribution in [0.15, 0.2) is 220 Å². The molecule has 0 radical (unpaired) electrons. The number of aromatic amines is 6. The lowest BCUT2D eigenvalue weighted by atomic mass is 10.0. The smallest absolute Gasteiger partial charge is 0.313 e. The van der Waals surface area contributed by atoms with Crippen LogP contribution in [0.3, 0.4) is 0 Å². The van der Waals surface area contributed by atoms with E-state index in [2.05, 4.69) is 161 Å². The molecule has 0 atom stereocenters. The molecule has 0 aliphatic rings. The van der Waals surface area contributed by atoms with Gasteiger partial charge in [-0.2, -0.15) is 36.6 Å². The molecule has 6 heterocycles. The SMILES string of the molecule is BrCc1cccc(-c2nn[nH]n2)c1.BrCc1cccc(-c2nn[nH]n2)c1.C.CCOC(=O)CC(=O)Cc1ccccc1.Cc1cccc(-c2nn[nH]n2)c1.N#CCC(N)=S.N#Cc1c(Cc2ccccc2)cc(=O)[nH]c1S.N#Cc1c(Cc2ccccc2)cc(=O)[nH]c1SCc1cccc(-c2nn[nH]n2)c1. The van der Waals surface area contributed by atoms with E-state index in [-0.39, 0.29) is 42.2 Å². The molecular formula is C74H70Br2N22O5S3. The van der Waals surface area contributed by atoms with Gasteiger partial charge >= 0.3 is 5.97 Å². The number of aryl methyl sites for hydroxylation is 1. The van der Waals surface area contributed by atoms with Crippen molar-refractivity contribution in [3.05, 3.63) is 282 Å². The van der Waals surface area contributed by atoms with E-state index in [0.29, 0.717) is 81.7 Å². The van der Waals surface area contributed by atoms with E-state index in [0.717, 1.165) is 60.7 Å². The van der Waals surface area contributed by atoms with Gasteiger partial charge in [0.1, 0.15) is 24.3 Å². The quantitative estimate of drug-likeness (QED) is 0.00930. The summed E-state index contributed by atoms with van der Waals surface area (Å²) in [5.41, 5.74) is 18.3. The summed E-state index contributed by atoms with van der Waals surface area (Å²) in [6.45, 7) is 4.07. The number of pyridine rings is 2. The third-order valence-electron chi connectivity index (χ3n) is 13.9. The molecule has 7 aromatic carbocycles. The summed E-state index contributed by atoms with van der Waals surface area (Å²) in [6.07, 6.45) is 1.44. The van der Waals surface area contributed by atoms with Gasteiger partial charge in [0.05, 0.1) is 45.3 Å². The van der Waals surface area contributed by atoms with Gasteiger partial charge in [0.15, 0.2) is 0 Å². The molecular weight excluding hydrogens is 1530 g/mol. The summed E-state index contributed by atoms with van der Waals surface area (Å²) >= 11 is 16.7. The fourth-order valence-electron chi connectivity index (χ4n) is 9.25. The normalized spacial score (nSPS) is 9.87. The fraction of sp³-hybridized carbons (Fsp3) is 0.162. The van der Waals surface area contributed by atoms with Crippen LogP contribution < -0.4 is 16.9 Å². The first-order chi connectivity index (χ1) is 51.1. The average Bonchev–Trinajstić information content (AvgIpc) is 1.18. The number of alkyl halides is 2. The predicted molar refractivity (Wildman–Crippen MR) is 417 cm³/mol. The molecule has 27 nitrogen and oxygen atoms in total. The monoisotopic (exact) mass is 1600 g/mol. The van der Waals surface area contributed by atoms with E-state index in [1.165, 1.54) is 40.6 Å². The lowest BCUT2D eigenvalue weighted by Crippen LogP contribution is -2.12. The van der Waals surface area contributed by atoms with Gasteiger partial charge in [-0.05, 0) is 116 Å². The molecule has 0 saturated carbocycles. The number of aromatic nitrogens is 18. The Bertz CT molecular complexity index is 5000. The second kappa shape index (κ2) is 45.8. The number of halogens is 2. The van der Waals surface area contributed by atoms with Gasteiger partial charge in [-0.1, -0.05) is 221 Å². The molecule has 0 aliphatic heterocycles. The summed E-state index contributed by atoms with van der Waals surface area (Å²) in [5.74, 6) is 2.45. The molecule has 6 aromatic heterocycles. The van der Waals surface area contributed by atoms with Crippen molar-refractivity contribution in [1.82, 2.24) is 92.5 Å². The van der Waals surface area contributed by atoms with Crippen LogP contribution in [-0.2, 0) is 50.0 Å². The van der Waals surface area contributed by atoms with Crippen LogP contribution in [0.2, 0.25) is 0 Å². The van der Waals surface area contributed by atoms with Crippen molar-refractivity contribution in [3.63, 3.8) is 0 Å². The third-order valence-corrected chi connectivity index (χ3v) is 16.8. The van der Waals surface area contributed by atoms with Crippen molar-refractivity contribution >= 4 is 85.2 Å². The van der Waals surface area contributed by atoms with Gasteiger partial charge in [0, 0.05) is 57.2 Å². The maximum Gasteiger partial charge on any atom is 0.313 e. The number of nitrogens with zero attached hydrogens (tertiary/aromatic N) is 15. The van der Waals surface area contributed by atoms with Crippen LogP contribution >= 0.6 is 68.5 Å². The molecule has 13 aromatic rings. The Balaban J connectivity index is 0.000000202. The number of ketones is 1. The number of H-pyrrole nitrogens is 6. The molecule has 32 heteroatoms. The maximum atomic E-state index is 12.2. The largest absolute Gasteiger partial charge is 0.466 e. The van der Waals surface area contributed by atoms with Gasteiger partial charge < -0.3 is 20.4 Å². The highest BCUT2D eigenvalue weighted by molar-refractivity contribution is 9.08. The Morgan fingerprint density at radius 1 is 0.538 bits per heavy atom. The molecule has 538 valence electrons. The van der Waals surface area contributed by atoms with E-state index in [4.69, 9.17) is 21.0 Å². The number of thiocarbonyl (C=S) groups is 1. The molecule has 8 N–H and O–H groups in total. The van der Waals surface area contributed by atoms with Crippen molar-refractivity contribution in [2.24, 2.45) is 5.73 Å². The van der Waals surface area contributed by atoms with Gasteiger partial charge in [-0.25, -0.2) is 0 Å². The van der Waals surface area contributed by atoms with Gasteiger partial charge in [0.2, 0.25) is 34.4 Å². The Morgan fingerprint density at radius 2 is 0.934 bits per heavy atom. The summed E-state index contributed by atoms with van der Waals surface area (Å²) in [5, 5.41) is 84.3. The molecule has 0 bridgehead atoms. The molecule has 0 aliphatic carbocycles. The van der Waals surface area contributed by atoms with Crippen LogP contribution in [0.4, 0.5) is 0 Å². The summed E-state index contributed by atoms with van der Waals surface area (Å²) in [7, 11) is 0. The van der Waals surface area contributed by atoms with Crippen LogP contribution in [0, 0.1) is 40.9 Å². The zero-order valence-electron chi connectivity index (χ0n) is 56.3. The third kappa shape index (κ3) is 28.6. The number of benzene rings is 7. The van der Waals surface area contributed by atoms with Crippen LogP contribution in [0.5, 0.6) is 0 Å². The van der Waals surface area contributed by atoms with Gasteiger partial charge in [-0.3, -0.25) is 19.2 Å². The van der Waals surface area contributed by atoms with Gasteiger partial charge in [0.25, 0.3) is 0 Å². The minimum absolute atomic E-state index is 0. The van der Waals surface area contributed by atoms with E-state index < -0.39 is 5.97 Å². The Morgan fingerprint density at radius 3 is 1.32 bits per heavy atom. The van der Waals surface area contributed by atoms with Crippen molar-refractivity contribution in [2.45, 2.75) is 79.8 Å². The molecule has 0 spiro atoms. The zero-order valence-corrected chi connectivity index (χ0v) is 62.0. The van der Waals surface area contributed by atoms with Gasteiger partial charge in [-0.15, -0.1) is 65.2 Å². The summed E-state index contributed by atoms with van der Waals surface area (Å²) < 4.78 is 4.69. The highest BCUT2D eigenvalue weighted by Gasteiger charge is 2.15. The van der Waals surface area contributed by atoms with E-state index in [1.54, 1.807) is 13.0 Å². The number of hydrogen-bond donors (Lipinski definition) is 8. The minimum atomic E-state index is -0.446. The van der Waals surface area contributed by atoms with Crippen LogP contribution in [0.25, 0.3) is 45.6 Å². The van der Waals surface area contributed by atoms with Crippen molar-refractivity contribution in [1.29, 1.82) is 15.8 Å². The molecule has 0 fully saturated rings. The van der Waals surface area contributed by atoms with Crippen LogP contribution in [-0.4, -0.2) is 116 Å². The van der Waals surface area contributed by atoms with Crippen molar-refractivity contribution in [2.75, 3.05) is 6.61 Å². The maximum absolute atomic E-state index is 12.2. The Labute approximate surface area is 641 Å². The lowest BCUT2D eigenvalue weighted by Gasteiger charge is -2.09. The predicted octanol–water partition coefficient (Wildman–Crippen LogP) is 12.7. The highest BCUT2D eigenvalue weighted by atomic mass is 79.9. The first-order valence-electron chi connectivity index (χ1n) is 31.6. The molecule has 13 rings (SSSR count). The summed E-state index contributed by atoms with van der Waals surface area (Å²) in [4.78, 5) is 51.5. The first-order valence-corrected chi connectivity index (χ1v) is 35.7. The second-order valence-corrected chi connectivity index (χ2v) is 24.8. The number of Topliss-reactive ketones (excluding diaryl/α,β-unsaturated/α-hetero) is 1. The molecule has 106 heavy (non-hydrogen) atoms. The van der Waals surface area contributed by atoms with E-state index in [9.17, 15) is 24.4 Å². The fourth-order valence-corrected chi connectivity index (χ4v) is 11.3. The van der Waals surface area contributed by atoms with Crippen molar-refractivity contribution in [3.8, 4) is 63.8 Å². The lowest BCUT2D eigenvalue weighted by molar-refractivity contribution is -0.145. The number of nitrogens with two attached hydrogens (primary N) is 1. The number of ether oxygens (including phenoxy) is 1. The minimum Gasteiger partial charge on any atom is -0.466 e. The van der Waals surface area contributed by atoms with Crippen molar-refractivity contribution < 1.29 is 14.3 Å². The first kappa shape index (κ1) is 82.8. The molecule has 0 saturated heterocycles. The Hall–Kier alpha value is -12.1. The number of carbonyl (C=O) groups excluding carboxylic acids is 2. The summed E-state index contributed by atoms with van der Waals surface area (Å²) in [6, 6.07) is 69.7. The number of hydrogen-bond acceptors (Lipinski definition) is 23. The average molecular weight is 1600 g/mol. The topological polar surface area (TPSA) is 424 Å². The Kier molecular flexibility index (Phi) is 35.8. The number of carbonyl (C=O) groups is 2. The number of nitrogens with one attached hydrogen (secondary N) is 6. The standard InChI is InChI=1S/C21H16N6OS.C13H10N2OS.C12H14O3.2C8H7BrN4.C8H8N4.C3H4N2S.CH4/c22-12-18-17(9-14-5-2-1-3-6-14)11-19(28)23-21(18)29-13-15-7-4-8-16(10-15)20-24-26-27-25-20;14-8-11-10(7-12(16)15-13(11)17)6-9-4-2-1-3-5-9;1-2-15-12(14)9-11(13)8-10-6-4-3-5-7-10;2*9-5-6-2-1-3-7(4-6)8-10-12-13-11-8;1-6-3-2-4-7(5-6)8-9-11-12-10-8;4-2-1-3(5)6;/h1-8,10-11H,9,13H2,(H,23,28)(H,24,25,26,27);1-5,7H,6H2,(H2,15,16,17);3-7H,2,8-9H2,1H3;2*1-4H,5H2,(H,10,11,12,13);2-5H,1H3,(H,9,10,11,12);1H2,(H2,5,6);1H4. The van der Waals surface area contributed by atoms with E-state index >= 15 is 0 Å². The number of esters is 1.